The maximum atomic E-state index is 13.5. The van der Waals surface area contributed by atoms with Gasteiger partial charge in [-0.2, -0.15) is 0 Å². The lowest BCUT2D eigenvalue weighted by molar-refractivity contribution is -0.384. The number of hydrogen-bond acceptors (Lipinski definition) is 7. The summed E-state index contributed by atoms with van der Waals surface area (Å²) in [5.41, 5.74) is 0.929. The number of carbonyl (C=O) groups excluding carboxylic acids is 2. The highest BCUT2D eigenvalue weighted by atomic mass is 35.5. The largest absolute Gasteiger partial charge is 0.307 e. The minimum atomic E-state index is -0.721. The van der Waals surface area contributed by atoms with Crippen LogP contribution in [0, 0.1) is 16.0 Å². The van der Waals surface area contributed by atoms with E-state index in [2.05, 4.69) is 4.98 Å². The first-order chi connectivity index (χ1) is 14.8. The van der Waals surface area contributed by atoms with Crippen LogP contribution >= 0.6 is 34.7 Å². The number of thiazole rings is 1. The summed E-state index contributed by atoms with van der Waals surface area (Å²) in [5.74, 6) is -2.01. The van der Waals surface area contributed by atoms with E-state index >= 15 is 0 Å². The van der Waals surface area contributed by atoms with Gasteiger partial charge in [-0.25, -0.2) is 4.90 Å². The van der Waals surface area contributed by atoms with E-state index in [1.54, 1.807) is 24.3 Å². The van der Waals surface area contributed by atoms with Crippen LogP contribution in [0.3, 0.4) is 0 Å². The first-order valence-electron chi connectivity index (χ1n) is 9.12. The molecule has 1 aromatic heterocycles. The van der Waals surface area contributed by atoms with E-state index in [1.165, 1.54) is 36.0 Å². The molecule has 156 valence electrons. The van der Waals surface area contributed by atoms with Crippen molar-refractivity contribution in [2.75, 3.05) is 4.90 Å². The Hall–Kier alpha value is -2.95. The highest BCUT2D eigenvalue weighted by molar-refractivity contribution is 8.00. The first-order valence-corrected chi connectivity index (χ1v) is 11.2. The van der Waals surface area contributed by atoms with Crippen LogP contribution in [0.15, 0.2) is 58.4 Å². The molecule has 1 N–H and O–H groups in total. The molecule has 0 bridgehead atoms. The third-order valence-electron chi connectivity index (χ3n) is 5.37. The molecule has 31 heavy (non-hydrogen) atoms. The van der Waals surface area contributed by atoms with Gasteiger partial charge in [-0.15, -0.1) is 0 Å². The zero-order valence-electron chi connectivity index (χ0n) is 15.5. The fourth-order valence-electron chi connectivity index (χ4n) is 4.02. The molecule has 5 rings (SSSR count). The maximum Gasteiger partial charge on any atom is 0.305 e. The number of fused-ring (bicyclic) bond motifs is 2. The number of halogens is 1. The monoisotopic (exact) mass is 473 g/mol. The lowest BCUT2D eigenvalue weighted by atomic mass is 9.83. The van der Waals surface area contributed by atoms with Gasteiger partial charge in [0.1, 0.15) is 5.25 Å². The average Bonchev–Trinajstić information content (AvgIpc) is 3.23. The van der Waals surface area contributed by atoms with Gasteiger partial charge >= 0.3 is 4.87 Å². The van der Waals surface area contributed by atoms with Crippen molar-refractivity contribution in [1.29, 1.82) is 0 Å². The number of rotatable bonds is 3. The zero-order valence-corrected chi connectivity index (χ0v) is 17.9. The van der Waals surface area contributed by atoms with Crippen LogP contribution in [-0.2, 0) is 9.59 Å². The minimum absolute atomic E-state index is 0.131. The summed E-state index contributed by atoms with van der Waals surface area (Å²) in [4.78, 5) is 53.5. The number of nitrogens with zero attached hydrogens (tertiary/aromatic N) is 2. The van der Waals surface area contributed by atoms with Gasteiger partial charge in [0.05, 0.1) is 21.6 Å². The van der Waals surface area contributed by atoms with Crippen LogP contribution in [0.4, 0.5) is 11.4 Å². The van der Waals surface area contributed by atoms with E-state index < -0.39 is 33.8 Å². The molecule has 11 heteroatoms. The number of aromatic amines is 1. The Morgan fingerprint density at radius 2 is 1.68 bits per heavy atom. The third kappa shape index (κ3) is 3.18. The summed E-state index contributed by atoms with van der Waals surface area (Å²) >= 11 is 8.23. The van der Waals surface area contributed by atoms with Crippen LogP contribution in [0.2, 0.25) is 5.02 Å². The number of hydrogen-bond donors (Lipinski definition) is 1. The third-order valence-corrected chi connectivity index (χ3v) is 8.02. The molecule has 3 aromatic rings. The van der Waals surface area contributed by atoms with Crippen LogP contribution in [0.5, 0.6) is 0 Å². The second kappa shape index (κ2) is 7.33. The predicted octanol–water partition coefficient (Wildman–Crippen LogP) is 3.79. The first kappa shape index (κ1) is 20.0. The minimum Gasteiger partial charge on any atom is -0.307 e. The SMILES string of the molecule is O=C1[C@H]2[C@H](c3ccc(Cl)cc3)c3sc(=O)[nH]c3S[C@H]2C(=O)N1c1ccc([N+](=O)[O-])cc1. The standard InChI is InChI=1S/C20H12ClN3O5S2/c21-10-3-1-9(2-4-10)13-14-16(30-17-15(13)31-20(27)22-17)19(26)23(18(14)25)11-5-7-12(8-6-11)24(28)29/h1-8,13-14,16H,(H,22,27)/t13-,14-,16+/m0/s1. The Bertz CT molecular complexity index is 1290. The number of benzene rings is 2. The second-order valence-corrected chi connectivity index (χ2v) is 9.69. The molecule has 0 aliphatic carbocycles. The Labute approximate surface area is 188 Å². The number of H-pyrrole nitrogens is 1. The van der Waals surface area contributed by atoms with Gasteiger partial charge in [-0.1, -0.05) is 46.8 Å². The van der Waals surface area contributed by atoms with Gasteiger partial charge in [0, 0.05) is 28.0 Å². The van der Waals surface area contributed by atoms with Gasteiger partial charge in [0.25, 0.3) is 5.69 Å². The van der Waals surface area contributed by atoms with Gasteiger partial charge in [0.2, 0.25) is 11.8 Å². The number of nitro groups is 1. The summed E-state index contributed by atoms with van der Waals surface area (Å²) in [6.07, 6.45) is 0. The number of carbonyl (C=O) groups is 2. The van der Waals surface area contributed by atoms with E-state index in [1.807, 2.05) is 0 Å². The molecular formula is C20H12ClN3O5S2. The Morgan fingerprint density at radius 1 is 1.00 bits per heavy atom. The maximum absolute atomic E-state index is 13.5. The lowest BCUT2D eigenvalue weighted by Crippen LogP contribution is -2.32. The summed E-state index contributed by atoms with van der Waals surface area (Å²) in [6.45, 7) is 0. The molecule has 2 aliphatic heterocycles. The average molecular weight is 474 g/mol. The van der Waals surface area contributed by atoms with Crippen molar-refractivity contribution >= 4 is 57.9 Å². The van der Waals surface area contributed by atoms with Gasteiger partial charge in [-0.05, 0) is 29.8 Å². The van der Waals surface area contributed by atoms with Gasteiger partial charge in [-0.3, -0.25) is 24.5 Å². The molecule has 2 aliphatic rings. The summed E-state index contributed by atoms with van der Waals surface area (Å²) < 4.78 is 0. The van der Waals surface area contributed by atoms with Crippen LogP contribution in [0.25, 0.3) is 0 Å². The topological polar surface area (TPSA) is 113 Å². The van der Waals surface area contributed by atoms with Crippen molar-refractivity contribution in [3.8, 4) is 0 Å². The molecule has 1 saturated heterocycles. The highest BCUT2D eigenvalue weighted by Gasteiger charge is 2.56. The number of amides is 2. The van der Waals surface area contributed by atoms with Crippen LogP contribution < -0.4 is 9.77 Å². The number of imide groups is 1. The number of nitrogens with one attached hydrogen (secondary N) is 1. The molecular weight excluding hydrogens is 462 g/mol. The lowest BCUT2D eigenvalue weighted by Gasteiger charge is -2.29. The van der Waals surface area contributed by atoms with Crippen molar-refractivity contribution in [3.63, 3.8) is 0 Å². The molecule has 0 spiro atoms. The van der Waals surface area contributed by atoms with E-state index in [0.29, 0.717) is 14.9 Å². The number of thioether (sulfide) groups is 1. The molecule has 8 nitrogen and oxygen atoms in total. The molecule has 0 radical (unpaired) electrons. The quantitative estimate of drug-likeness (QED) is 0.351. The Balaban J connectivity index is 1.60. The molecule has 0 unspecified atom stereocenters. The zero-order chi connectivity index (χ0) is 21.9. The van der Waals surface area contributed by atoms with E-state index in [4.69, 9.17) is 11.6 Å². The van der Waals surface area contributed by atoms with E-state index in [9.17, 15) is 24.5 Å². The predicted molar refractivity (Wildman–Crippen MR) is 117 cm³/mol. The van der Waals surface area contributed by atoms with E-state index in [0.717, 1.165) is 21.8 Å². The molecule has 2 amide bonds. The number of non-ortho nitro benzene ring substituents is 1. The molecule has 0 saturated carbocycles. The fourth-order valence-corrected chi connectivity index (χ4v) is 6.67. The molecule has 2 aromatic carbocycles. The van der Waals surface area contributed by atoms with Crippen molar-refractivity contribution in [2.24, 2.45) is 5.92 Å². The summed E-state index contributed by atoms with van der Waals surface area (Å²) in [6, 6.07) is 12.3. The van der Waals surface area contributed by atoms with Crippen molar-refractivity contribution in [1.82, 2.24) is 4.98 Å². The number of aromatic nitrogens is 1. The van der Waals surface area contributed by atoms with Crippen LogP contribution in [-0.4, -0.2) is 27.0 Å². The highest BCUT2D eigenvalue weighted by Crippen LogP contribution is 2.53. The molecule has 3 heterocycles. The van der Waals surface area contributed by atoms with Crippen molar-refractivity contribution < 1.29 is 14.5 Å². The molecule has 3 atom stereocenters. The second-order valence-electron chi connectivity index (χ2n) is 7.09. The number of nitro benzene ring substituents is 1. The van der Waals surface area contributed by atoms with Gasteiger partial charge < -0.3 is 4.98 Å². The fraction of sp³-hybridized carbons (Fsp3) is 0.150. The van der Waals surface area contributed by atoms with Crippen molar-refractivity contribution in [2.45, 2.75) is 16.2 Å². The Kier molecular flexibility index (Phi) is 4.72. The summed E-state index contributed by atoms with van der Waals surface area (Å²) in [7, 11) is 0. The summed E-state index contributed by atoms with van der Waals surface area (Å²) in [5, 5.41) is 11.3. The van der Waals surface area contributed by atoms with Gasteiger partial charge in [0.15, 0.2) is 0 Å². The smallest absolute Gasteiger partial charge is 0.305 e. The Morgan fingerprint density at radius 3 is 2.32 bits per heavy atom. The van der Waals surface area contributed by atoms with Crippen LogP contribution in [0.1, 0.15) is 16.4 Å². The molecule has 1 fully saturated rings. The number of anilines is 1. The van der Waals surface area contributed by atoms with Crippen molar-refractivity contribution in [3.05, 3.63) is 83.8 Å². The van der Waals surface area contributed by atoms with E-state index in [-0.39, 0.29) is 16.2 Å². The normalized spacial score (nSPS) is 22.4.